The van der Waals surface area contributed by atoms with E-state index in [4.69, 9.17) is 19.3 Å². The molecule has 40 heavy (non-hydrogen) atoms. The summed E-state index contributed by atoms with van der Waals surface area (Å²) in [5.41, 5.74) is 6.64. The van der Waals surface area contributed by atoms with E-state index in [0.29, 0.717) is 43.1 Å². The number of hydrogen-bond acceptors (Lipinski definition) is 5. The van der Waals surface area contributed by atoms with Crippen LogP contribution in [0.2, 0.25) is 0 Å². The molecule has 1 aromatic heterocycles. The molecule has 0 unspecified atom stereocenters. The van der Waals surface area contributed by atoms with Gasteiger partial charge in [-0.15, -0.1) is 0 Å². The third-order valence-electron chi connectivity index (χ3n) is 7.91. The first kappa shape index (κ1) is 25.9. The Bertz CT molecular complexity index is 1590. The molecular formula is C32H31FN2O5. The Kier molecular flexibility index (Phi) is 6.70. The minimum absolute atomic E-state index is 0.0211. The maximum absolute atomic E-state index is 15.3. The maximum atomic E-state index is 15.3. The van der Waals surface area contributed by atoms with Crippen molar-refractivity contribution < 1.29 is 28.5 Å². The lowest BCUT2D eigenvalue weighted by atomic mass is 9.90. The fraction of sp³-hybridized carbons (Fsp3) is 0.312. The number of benzene rings is 3. The summed E-state index contributed by atoms with van der Waals surface area (Å²) in [5.74, 6) is 1.53. The molecule has 1 aliphatic carbocycles. The van der Waals surface area contributed by atoms with Crippen LogP contribution in [0, 0.1) is 19.7 Å². The molecule has 0 saturated carbocycles. The third-order valence-corrected chi connectivity index (χ3v) is 7.91. The van der Waals surface area contributed by atoms with Crippen LogP contribution in [-0.4, -0.2) is 27.2 Å². The number of carboxylic acids is 1. The monoisotopic (exact) mass is 542 g/mol. The minimum atomic E-state index is -0.854. The van der Waals surface area contributed by atoms with Gasteiger partial charge in [0.1, 0.15) is 41.6 Å². The van der Waals surface area contributed by atoms with Crippen molar-refractivity contribution in [2.45, 2.75) is 51.7 Å². The van der Waals surface area contributed by atoms with Crippen molar-refractivity contribution >= 4 is 5.97 Å². The van der Waals surface area contributed by atoms with E-state index in [2.05, 4.69) is 18.8 Å². The van der Waals surface area contributed by atoms with Gasteiger partial charge < -0.3 is 23.9 Å². The van der Waals surface area contributed by atoms with Crippen molar-refractivity contribution in [1.82, 2.24) is 9.55 Å². The Morgan fingerprint density at radius 2 is 1.95 bits per heavy atom. The first-order chi connectivity index (χ1) is 19.3. The molecule has 0 saturated heterocycles. The highest BCUT2D eigenvalue weighted by Gasteiger charge is 2.32. The Balaban J connectivity index is 1.25. The molecule has 0 bridgehead atoms. The van der Waals surface area contributed by atoms with Gasteiger partial charge in [-0.25, -0.2) is 9.37 Å². The molecule has 3 aromatic carbocycles. The van der Waals surface area contributed by atoms with Gasteiger partial charge in [0.15, 0.2) is 0 Å². The highest BCUT2D eigenvalue weighted by atomic mass is 19.1. The number of aromatic nitrogens is 2. The molecular weight excluding hydrogens is 511 g/mol. The van der Waals surface area contributed by atoms with E-state index in [0.717, 1.165) is 45.0 Å². The van der Waals surface area contributed by atoms with Crippen LogP contribution in [0.3, 0.4) is 0 Å². The molecule has 4 aromatic rings. The zero-order chi connectivity index (χ0) is 28.0. The van der Waals surface area contributed by atoms with Crippen molar-refractivity contribution in [2.24, 2.45) is 7.05 Å². The topological polar surface area (TPSA) is 82.8 Å². The lowest BCUT2D eigenvalue weighted by Gasteiger charge is -2.19. The predicted molar refractivity (Wildman–Crippen MR) is 147 cm³/mol. The average molecular weight is 543 g/mol. The van der Waals surface area contributed by atoms with Crippen LogP contribution in [0.5, 0.6) is 17.2 Å². The number of aliphatic carboxylic acids is 1. The van der Waals surface area contributed by atoms with Crippen LogP contribution in [-0.2, 0) is 24.9 Å². The van der Waals surface area contributed by atoms with E-state index < -0.39 is 12.1 Å². The lowest BCUT2D eigenvalue weighted by Crippen LogP contribution is -2.07. The zero-order valence-corrected chi connectivity index (χ0v) is 22.7. The first-order valence-electron chi connectivity index (χ1n) is 13.5. The van der Waals surface area contributed by atoms with Gasteiger partial charge in [0.05, 0.1) is 13.0 Å². The van der Waals surface area contributed by atoms with Gasteiger partial charge in [-0.05, 0) is 78.8 Å². The van der Waals surface area contributed by atoms with Crippen molar-refractivity contribution in [3.05, 3.63) is 94.3 Å². The van der Waals surface area contributed by atoms with Gasteiger partial charge in [-0.3, -0.25) is 4.79 Å². The molecule has 1 aliphatic heterocycles. The normalized spacial score (nSPS) is 17.3. The molecule has 1 N–H and O–H groups in total. The summed E-state index contributed by atoms with van der Waals surface area (Å²) < 4.78 is 35.3. The average Bonchev–Trinajstić information content (AvgIpc) is 3.63. The van der Waals surface area contributed by atoms with Crippen molar-refractivity contribution in [2.75, 3.05) is 6.61 Å². The third kappa shape index (κ3) is 4.78. The predicted octanol–water partition coefficient (Wildman–Crippen LogP) is 6.44. The Morgan fingerprint density at radius 1 is 1.15 bits per heavy atom. The summed E-state index contributed by atoms with van der Waals surface area (Å²) in [6, 6.07) is 12.9. The Hall–Kier alpha value is -4.33. The van der Waals surface area contributed by atoms with Crippen LogP contribution in [0.1, 0.15) is 58.5 Å². The van der Waals surface area contributed by atoms with Gasteiger partial charge in [-0.1, -0.05) is 12.1 Å². The molecule has 0 radical (unpaired) electrons. The number of carboxylic acid groups (broad SMARTS) is 1. The molecule has 0 spiro atoms. The summed E-state index contributed by atoms with van der Waals surface area (Å²) in [6.07, 6.45) is 4.59. The SMILES string of the molecule is Cc1cc(OCc2nccn2C)cc(C)c1-c1ccc(F)c2c1CC[C@H]2Oc1ccc2c(c1)OC[C@H]2CC(=O)O. The first-order valence-corrected chi connectivity index (χ1v) is 13.5. The highest BCUT2D eigenvalue weighted by molar-refractivity contribution is 5.76. The zero-order valence-electron chi connectivity index (χ0n) is 22.7. The fourth-order valence-electron chi connectivity index (χ4n) is 6.02. The summed E-state index contributed by atoms with van der Waals surface area (Å²) in [6.45, 7) is 4.81. The van der Waals surface area contributed by atoms with Gasteiger partial charge in [0, 0.05) is 42.6 Å². The maximum Gasteiger partial charge on any atom is 0.304 e. The molecule has 2 aliphatic rings. The second kappa shape index (κ2) is 10.3. The number of aryl methyl sites for hydroxylation is 3. The van der Waals surface area contributed by atoms with E-state index in [1.807, 2.05) is 48.1 Å². The molecule has 6 rings (SSSR count). The number of hydrogen-bond donors (Lipinski definition) is 1. The van der Waals surface area contributed by atoms with Crippen molar-refractivity contribution in [3.63, 3.8) is 0 Å². The lowest BCUT2D eigenvalue weighted by molar-refractivity contribution is -0.137. The van der Waals surface area contributed by atoms with Gasteiger partial charge >= 0.3 is 5.97 Å². The van der Waals surface area contributed by atoms with Crippen molar-refractivity contribution in [3.8, 4) is 28.4 Å². The summed E-state index contributed by atoms with van der Waals surface area (Å²) >= 11 is 0. The number of nitrogens with zero attached hydrogens (tertiary/aromatic N) is 2. The van der Waals surface area contributed by atoms with E-state index in [1.54, 1.807) is 12.3 Å². The van der Waals surface area contributed by atoms with Crippen LogP contribution in [0.15, 0.2) is 54.9 Å². The van der Waals surface area contributed by atoms with E-state index in [-0.39, 0.29) is 18.2 Å². The van der Waals surface area contributed by atoms with Crippen LogP contribution in [0.25, 0.3) is 11.1 Å². The van der Waals surface area contributed by atoms with Crippen LogP contribution in [0.4, 0.5) is 4.39 Å². The Morgan fingerprint density at radius 3 is 2.67 bits per heavy atom. The number of carbonyl (C=O) groups is 1. The second-order valence-corrected chi connectivity index (χ2v) is 10.6. The number of ether oxygens (including phenoxy) is 3. The minimum Gasteiger partial charge on any atom is -0.492 e. The molecule has 0 fully saturated rings. The quantitative estimate of drug-likeness (QED) is 0.276. The molecule has 0 amide bonds. The van der Waals surface area contributed by atoms with E-state index in [9.17, 15) is 4.79 Å². The summed E-state index contributed by atoms with van der Waals surface area (Å²) in [5, 5.41) is 9.16. The Labute approximate surface area is 232 Å². The highest BCUT2D eigenvalue weighted by Crippen LogP contribution is 2.45. The molecule has 2 heterocycles. The molecule has 2 atom stereocenters. The van der Waals surface area contributed by atoms with E-state index >= 15 is 4.39 Å². The smallest absolute Gasteiger partial charge is 0.304 e. The number of imidazole rings is 1. The molecule has 8 heteroatoms. The summed E-state index contributed by atoms with van der Waals surface area (Å²) in [4.78, 5) is 15.5. The van der Waals surface area contributed by atoms with Gasteiger partial charge in [0.25, 0.3) is 0 Å². The fourth-order valence-corrected chi connectivity index (χ4v) is 6.02. The van der Waals surface area contributed by atoms with Crippen molar-refractivity contribution in [1.29, 1.82) is 0 Å². The van der Waals surface area contributed by atoms with Crippen LogP contribution < -0.4 is 14.2 Å². The van der Waals surface area contributed by atoms with E-state index in [1.165, 1.54) is 6.07 Å². The van der Waals surface area contributed by atoms with Gasteiger partial charge in [-0.2, -0.15) is 0 Å². The standard InChI is InChI=1S/C32H31FN2O5/c1-18-12-22(38-17-29-34-10-11-35(29)3)13-19(2)31(18)24-6-8-26(33)32-25(24)7-9-27(32)40-21-4-5-23-20(14-30(36)37)16-39-28(23)15-21/h4-6,8,10-13,15,20,27H,7,9,14,16-17H2,1-3H3,(H,36,37)/t20-,27-/m1/s1. The second-order valence-electron chi connectivity index (χ2n) is 10.6. The number of halogens is 1. The molecule has 7 nitrogen and oxygen atoms in total. The molecule has 206 valence electrons. The number of fused-ring (bicyclic) bond motifs is 2. The van der Waals surface area contributed by atoms with Gasteiger partial charge in [0.2, 0.25) is 0 Å². The largest absolute Gasteiger partial charge is 0.492 e. The number of rotatable bonds is 8. The van der Waals surface area contributed by atoms with Crippen LogP contribution >= 0.6 is 0 Å². The summed E-state index contributed by atoms with van der Waals surface area (Å²) in [7, 11) is 1.94.